The van der Waals surface area contributed by atoms with Crippen LogP contribution in [-0.4, -0.2) is 63.9 Å². The number of imide groups is 1. The van der Waals surface area contributed by atoms with Crippen molar-refractivity contribution in [2.75, 3.05) is 13.1 Å². The van der Waals surface area contributed by atoms with E-state index in [-0.39, 0.29) is 31.5 Å². The van der Waals surface area contributed by atoms with Crippen molar-refractivity contribution >= 4 is 23.7 Å². The van der Waals surface area contributed by atoms with Crippen LogP contribution in [-0.2, 0) is 19.1 Å². The standard InChI is InChI=1S/C16H21F3N2O5/c1-14(2,3)26-13(25)20-8-9-21(12(24)16(17,18)19)15(11(20)23)6-4-10(22)5-7-15/h4-9H2,1-3H3. The van der Waals surface area contributed by atoms with Crippen molar-refractivity contribution in [3.8, 4) is 0 Å². The first-order chi connectivity index (χ1) is 11.8. The van der Waals surface area contributed by atoms with E-state index in [4.69, 9.17) is 4.74 Å². The molecule has 1 spiro atoms. The Balaban J connectivity index is 2.36. The smallest absolute Gasteiger partial charge is 0.443 e. The fourth-order valence-corrected chi connectivity index (χ4v) is 3.25. The second-order valence-corrected chi connectivity index (χ2v) is 7.46. The molecule has 1 heterocycles. The summed E-state index contributed by atoms with van der Waals surface area (Å²) < 4.78 is 44.1. The lowest BCUT2D eigenvalue weighted by molar-refractivity contribution is -0.198. The van der Waals surface area contributed by atoms with E-state index < -0.39 is 48.3 Å². The highest BCUT2D eigenvalue weighted by Crippen LogP contribution is 2.39. The molecule has 1 saturated heterocycles. The first-order valence-electron chi connectivity index (χ1n) is 8.23. The monoisotopic (exact) mass is 378 g/mol. The van der Waals surface area contributed by atoms with Gasteiger partial charge in [-0.15, -0.1) is 0 Å². The number of nitrogens with zero attached hydrogens (tertiary/aromatic N) is 2. The molecular formula is C16H21F3N2O5. The topological polar surface area (TPSA) is 84.0 Å². The highest BCUT2D eigenvalue weighted by Gasteiger charge is 2.58. The predicted octanol–water partition coefficient (Wildman–Crippen LogP) is 2.04. The molecule has 0 unspecified atom stereocenters. The molecule has 7 nitrogen and oxygen atoms in total. The maximum absolute atomic E-state index is 13.0. The fraction of sp³-hybridized carbons (Fsp3) is 0.750. The van der Waals surface area contributed by atoms with Crippen molar-refractivity contribution in [2.45, 2.75) is 63.8 Å². The minimum atomic E-state index is -5.15. The summed E-state index contributed by atoms with van der Waals surface area (Å²) in [4.78, 5) is 49.8. The van der Waals surface area contributed by atoms with Crippen molar-refractivity contribution in [3.63, 3.8) is 0 Å². The van der Waals surface area contributed by atoms with Gasteiger partial charge in [0.1, 0.15) is 16.9 Å². The van der Waals surface area contributed by atoms with Crippen LogP contribution in [0, 0.1) is 0 Å². The zero-order valence-electron chi connectivity index (χ0n) is 14.8. The van der Waals surface area contributed by atoms with Gasteiger partial charge in [0.15, 0.2) is 0 Å². The van der Waals surface area contributed by atoms with Crippen LogP contribution in [0.25, 0.3) is 0 Å². The molecule has 10 heteroatoms. The highest BCUT2D eigenvalue weighted by atomic mass is 19.4. The predicted molar refractivity (Wildman–Crippen MR) is 81.9 cm³/mol. The van der Waals surface area contributed by atoms with Crippen LogP contribution in [0.15, 0.2) is 0 Å². The Labute approximate surface area is 148 Å². The van der Waals surface area contributed by atoms with Gasteiger partial charge in [0.25, 0.3) is 5.91 Å². The van der Waals surface area contributed by atoms with Crippen LogP contribution in [0.1, 0.15) is 46.5 Å². The summed E-state index contributed by atoms with van der Waals surface area (Å²) in [5, 5.41) is 0. The summed E-state index contributed by atoms with van der Waals surface area (Å²) >= 11 is 0. The summed E-state index contributed by atoms with van der Waals surface area (Å²) in [5.41, 5.74) is -2.75. The molecule has 0 bridgehead atoms. The second kappa shape index (κ2) is 6.55. The number of alkyl halides is 3. The third-order valence-electron chi connectivity index (χ3n) is 4.44. The number of ketones is 1. The fourth-order valence-electron chi connectivity index (χ4n) is 3.25. The molecule has 0 aromatic heterocycles. The average molecular weight is 378 g/mol. The van der Waals surface area contributed by atoms with Crippen LogP contribution in [0.3, 0.4) is 0 Å². The van der Waals surface area contributed by atoms with Crippen LogP contribution in [0.4, 0.5) is 18.0 Å². The van der Waals surface area contributed by atoms with E-state index in [9.17, 15) is 32.3 Å². The van der Waals surface area contributed by atoms with Crippen molar-refractivity contribution in [1.82, 2.24) is 9.80 Å². The van der Waals surface area contributed by atoms with E-state index in [2.05, 4.69) is 0 Å². The van der Waals surface area contributed by atoms with Gasteiger partial charge in [-0.05, 0) is 33.6 Å². The van der Waals surface area contributed by atoms with E-state index in [0.717, 1.165) is 4.90 Å². The first kappa shape index (κ1) is 20.2. The van der Waals surface area contributed by atoms with E-state index in [1.807, 2.05) is 0 Å². The van der Waals surface area contributed by atoms with Gasteiger partial charge in [-0.3, -0.25) is 14.4 Å². The molecule has 0 N–H and O–H groups in total. The Kier molecular flexibility index (Phi) is 5.08. The number of halogens is 3. The Morgan fingerprint density at radius 3 is 2.04 bits per heavy atom. The molecule has 146 valence electrons. The lowest BCUT2D eigenvalue weighted by Gasteiger charge is -2.50. The molecule has 1 saturated carbocycles. The molecule has 0 radical (unpaired) electrons. The van der Waals surface area contributed by atoms with Gasteiger partial charge in [-0.2, -0.15) is 13.2 Å². The minimum absolute atomic E-state index is 0.129. The van der Waals surface area contributed by atoms with Crippen LogP contribution < -0.4 is 0 Å². The van der Waals surface area contributed by atoms with Gasteiger partial charge in [-0.1, -0.05) is 0 Å². The zero-order chi connectivity index (χ0) is 19.9. The van der Waals surface area contributed by atoms with Crippen LogP contribution in [0.2, 0.25) is 0 Å². The second-order valence-electron chi connectivity index (χ2n) is 7.46. The average Bonchev–Trinajstić information content (AvgIpc) is 2.49. The van der Waals surface area contributed by atoms with Crippen molar-refractivity contribution < 1.29 is 37.1 Å². The molecule has 26 heavy (non-hydrogen) atoms. The molecule has 2 aliphatic rings. The Hall–Kier alpha value is -2.13. The number of ether oxygens (including phenoxy) is 1. The summed E-state index contributed by atoms with van der Waals surface area (Å²) in [7, 11) is 0. The number of carbonyl (C=O) groups is 4. The Morgan fingerprint density at radius 2 is 1.58 bits per heavy atom. The quantitative estimate of drug-likeness (QED) is 0.644. The van der Waals surface area contributed by atoms with Gasteiger partial charge in [-0.25, -0.2) is 9.69 Å². The summed E-state index contributed by atoms with van der Waals surface area (Å²) in [6, 6.07) is 0. The van der Waals surface area contributed by atoms with Gasteiger partial charge in [0.05, 0.1) is 0 Å². The number of hydrogen-bond donors (Lipinski definition) is 0. The molecule has 2 rings (SSSR count). The van der Waals surface area contributed by atoms with Gasteiger partial charge in [0.2, 0.25) is 0 Å². The zero-order valence-corrected chi connectivity index (χ0v) is 14.8. The minimum Gasteiger partial charge on any atom is -0.443 e. The lowest BCUT2D eigenvalue weighted by Crippen LogP contribution is -2.70. The van der Waals surface area contributed by atoms with Crippen molar-refractivity contribution in [2.24, 2.45) is 0 Å². The van der Waals surface area contributed by atoms with E-state index in [0.29, 0.717) is 4.90 Å². The van der Waals surface area contributed by atoms with Crippen molar-refractivity contribution in [1.29, 1.82) is 0 Å². The molecule has 1 aliphatic heterocycles. The number of rotatable bonds is 0. The first-order valence-corrected chi connectivity index (χ1v) is 8.23. The third kappa shape index (κ3) is 3.83. The summed E-state index contributed by atoms with van der Waals surface area (Å²) in [6.45, 7) is 3.92. The molecule has 3 amide bonds. The van der Waals surface area contributed by atoms with E-state index >= 15 is 0 Å². The number of carbonyl (C=O) groups excluding carboxylic acids is 4. The largest absolute Gasteiger partial charge is 0.471 e. The molecule has 0 aromatic carbocycles. The maximum Gasteiger partial charge on any atom is 0.471 e. The highest BCUT2D eigenvalue weighted by molar-refractivity contribution is 6.02. The number of Topliss-reactive ketones (excluding diaryl/α,β-unsaturated/α-hetero) is 1. The molecule has 2 fully saturated rings. The van der Waals surface area contributed by atoms with Crippen molar-refractivity contribution in [3.05, 3.63) is 0 Å². The lowest BCUT2D eigenvalue weighted by atomic mass is 9.77. The number of hydrogen-bond acceptors (Lipinski definition) is 5. The Morgan fingerprint density at radius 1 is 1.04 bits per heavy atom. The van der Waals surface area contributed by atoms with Crippen LogP contribution in [0.5, 0.6) is 0 Å². The number of piperazine rings is 1. The Bertz CT molecular complexity index is 629. The molecule has 0 atom stereocenters. The van der Waals surface area contributed by atoms with E-state index in [1.165, 1.54) is 0 Å². The maximum atomic E-state index is 13.0. The van der Waals surface area contributed by atoms with Gasteiger partial charge in [0, 0.05) is 25.9 Å². The molecule has 1 aliphatic carbocycles. The third-order valence-corrected chi connectivity index (χ3v) is 4.44. The van der Waals surface area contributed by atoms with Gasteiger partial charge >= 0.3 is 18.2 Å². The normalized spacial score (nSPS) is 21.2. The van der Waals surface area contributed by atoms with E-state index in [1.54, 1.807) is 20.8 Å². The summed E-state index contributed by atoms with van der Waals surface area (Å²) in [6.07, 6.45) is -6.87. The SMILES string of the molecule is CC(C)(C)OC(=O)N1CCN(C(=O)C(F)(F)F)C2(CCC(=O)CC2)C1=O. The van der Waals surface area contributed by atoms with Crippen LogP contribution >= 0.6 is 0 Å². The molecule has 0 aromatic rings. The summed E-state index contributed by atoms with van der Waals surface area (Å²) in [5.74, 6) is -3.26. The van der Waals surface area contributed by atoms with Gasteiger partial charge < -0.3 is 9.64 Å². The molecular weight excluding hydrogens is 357 g/mol. The number of amides is 3.